The highest BCUT2D eigenvalue weighted by molar-refractivity contribution is 5.12. The second kappa shape index (κ2) is 22.3. The molecule has 0 aromatic heterocycles. The van der Waals surface area contributed by atoms with Crippen LogP contribution < -0.4 is 24.4 Å². The minimum atomic E-state index is -4.94. The van der Waals surface area contributed by atoms with Crippen LogP contribution in [-0.2, 0) is 35.0 Å². The SMILES string of the molecule is C1COCCOCCOCCOCCOCCO1.[NH3+]Cc1ccccc1.[O-][Cl+3]([O-])([O-])[O-]. The van der Waals surface area contributed by atoms with Gasteiger partial charge in [0.05, 0.1) is 85.8 Å². The minimum absolute atomic E-state index is 0.586. The van der Waals surface area contributed by atoms with E-state index >= 15 is 0 Å². The van der Waals surface area contributed by atoms with Crippen molar-refractivity contribution in [2.75, 3.05) is 79.3 Å². The molecule has 1 aromatic carbocycles. The fourth-order valence-corrected chi connectivity index (χ4v) is 1.96. The molecule has 0 spiro atoms. The summed E-state index contributed by atoms with van der Waals surface area (Å²) in [4.78, 5) is 0. The van der Waals surface area contributed by atoms with E-state index in [2.05, 4.69) is 17.9 Å². The number of halogens is 1. The van der Waals surface area contributed by atoms with Crippen LogP contribution in [0.1, 0.15) is 5.56 Å². The Morgan fingerprint density at radius 2 is 0.774 bits per heavy atom. The van der Waals surface area contributed by atoms with Gasteiger partial charge in [-0.3, -0.25) is 0 Å². The summed E-state index contributed by atoms with van der Waals surface area (Å²) in [6, 6.07) is 10.2. The van der Waals surface area contributed by atoms with E-state index in [0.29, 0.717) is 79.3 Å². The van der Waals surface area contributed by atoms with Gasteiger partial charge < -0.3 is 34.2 Å². The highest BCUT2D eigenvalue weighted by atomic mass is 35.7. The largest absolute Gasteiger partial charge is 0.377 e. The van der Waals surface area contributed by atoms with Crippen molar-refractivity contribution in [1.29, 1.82) is 0 Å². The Kier molecular flexibility index (Phi) is 21.6. The van der Waals surface area contributed by atoms with Gasteiger partial charge in [0, 0.05) is 5.56 Å². The number of rotatable bonds is 1. The van der Waals surface area contributed by atoms with E-state index in [1.807, 2.05) is 18.2 Å². The first-order valence-corrected chi connectivity index (χ1v) is 11.1. The van der Waals surface area contributed by atoms with Crippen LogP contribution >= 0.6 is 0 Å². The third-order valence-electron chi connectivity index (χ3n) is 3.36. The molecule has 0 saturated carbocycles. The lowest BCUT2D eigenvalue weighted by Crippen LogP contribution is -2.68. The van der Waals surface area contributed by atoms with Gasteiger partial charge in [-0.15, -0.1) is 10.2 Å². The van der Waals surface area contributed by atoms with E-state index in [1.165, 1.54) is 5.56 Å². The van der Waals surface area contributed by atoms with Crippen LogP contribution in [0.25, 0.3) is 0 Å². The van der Waals surface area contributed by atoms with E-state index in [1.54, 1.807) is 0 Å². The predicted molar refractivity (Wildman–Crippen MR) is 97.9 cm³/mol. The van der Waals surface area contributed by atoms with Crippen molar-refractivity contribution in [2.45, 2.75) is 6.54 Å². The summed E-state index contributed by atoms with van der Waals surface area (Å²) >= 11 is 0. The topological polar surface area (TPSA) is 175 Å². The maximum absolute atomic E-state index is 8.49. The molecule has 1 heterocycles. The first kappa shape index (κ1) is 30.1. The predicted octanol–water partition coefficient (Wildman–Crippen LogP) is -4.23. The number of hydrogen-bond acceptors (Lipinski definition) is 10. The van der Waals surface area contributed by atoms with Gasteiger partial charge in [0.25, 0.3) is 0 Å². The van der Waals surface area contributed by atoms with Crippen molar-refractivity contribution in [3.63, 3.8) is 0 Å². The van der Waals surface area contributed by atoms with Gasteiger partial charge in [-0.2, -0.15) is 0 Å². The monoisotopic (exact) mass is 471 g/mol. The lowest BCUT2D eigenvalue weighted by atomic mass is 10.2. The molecule has 1 aromatic rings. The van der Waals surface area contributed by atoms with Crippen LogP contribution in [0.2, 0.25) is 0 Å². The van der Waals surface area contributed by atoms with Crippen molar-refractivity contribution in [3.05, 3.63) is 35.9 Å². The van der Waals surface area contributed by atoms with Crippen LogP contribution in [-0.4, -0.2) is 79.3 Å². The Morgan fingerprint density at radius 3 is 0.935 bits per heavy atom. The third-order valence-corrected chi connectivity index (χ3v) is 3.36. The smallest absolute Gasteiger partial charge is 0.0997 e. The number of hydrogen-bond donors (Lipinski definition) is 1. The summed E-state index contributed by atoms with van der Waals surface area (Å²) in [5.41, 5.74) is 5.05. The summed E-state index contributed by atoms with van der Waals surface area (Å²) in [6.45, 7) is 7.93. The van der Waals surface area contributed by atoms with Crippen LogP contribution in [0, 0.1) is 10.2 Å². The average Bonchev–Trinajstić information content (AvgIpc) is 2.74. The van der Waals surface area contributed by atoms with Gasteiger partial charge in [0.2, 0.25) is 0 Å². The molecule has 1 aliphatic rings. The highest BCUT2D eigenvalue weighted by Crippen LogP contribution is 1.93. The van der Waals surface area contributed by atoms with Gasteiger partial charge >= 0.3 is 0 Å². The Labute approximate surface area is 185 Å². The Balaban J connectivity index is 0.000000566. The molecular weight excluding hydrogens is 438 g/mol. The molecular formula is C19H34ClNO10. The second-order valence-electron chi connectivity index (χ2n) is 5.79. The molecule has 182 valence electrons. The van der Waals surface area contributed by atoms with Crippen LogP contribution in [0.15, 0.2) is 30.3 Å². The molecule has 0 amide bonds. The third kappa shape index (κ3) is 29.1. The van der Waals surface area contributed by atoms with E-state index in [9.17, 15) is 0 Å². The average molecular weight is 472 g/mol. The molecule has 2 rings (SSSR count). The Hall–Kier alpha value is -0.930. The van der Waals surface area contributed by atoms with Crippen molar-refractivity contribution in [3.8, 4) is 0 Å². The molecule has 0 atom stereocenters. The lowest BCUT2D eigenvalue weighted by molar-refractivity contribution is -2.00. The van der Waals surface area contributed by atoms with Gasteiger partial charge in [-0.1, -0.05) is 30.3 Å². The molecule has 0 unspecified atom stereocenters. The number of quaternary nitrogens is 1. The van der Waals surface area contributed by atoms with E-state index in [4.69, 9.17) is 47.1 Å². The molecule has 12 heteroatoms. The van der Waals surface area contributed by atoms with E-state index in [-0.39, 0.29) is 0 Å². The molecule has 0 bridgehead atoms. The van der Waals surface area contributed by atoms with Gasteiger partial charge in [-0.05, 0) is 0 Å². The maximum atomic E-state index is 8.49. The normalized spacial score (nSPS) is 18.2. The fraction of sp³-hybridized carbons (Fsp3) is 0.684. The Bertz CT molecular complexity index is 397. The molecule has 1 saturated heterocycles. The first-order chi connectivity index (χ1) is 14.9. The summed E-state index contributed by atoms with van der Waals surface area (Å²) in [5, 5.41) is 0. The van der Waals surface area contributed by atoms with Gasteiger partial charge in [0.15, 0.2) is 0 Å². The standard InChI is InChI=1S/C12H24O6.C7H9N.ClHO4/c1-2-14-5-6-16-9-10-18-12-11-17-8-7-15-4-3-13-1;8-6-7-4-2-1-3-5-7;2-1(3,4)5/h1-12H2;1-5H,6,8H2;(H,2,3,4,5). The minimum Gasteiger partial charge on any atom is -0.377 e. The molecule has 0 aliphatic carbocycles. The van der Waals surface area contributed by atoms with Crippen molar-refractivity contribution in [2.24, 2.45) is 0 Å². The molecule has 1 fully saturated rings. The zero-order valence-electron chi connectivity index (χ0n) is 17.7. The van der Waals surface area contributed by atoms with Crippen molar-refractivity contribution < 1.29 is 63.0 Å². The summed E-state index contributed by atoms with van der Waals surface area (Å²) in [6.07, 6.45) is 0. The zero-order chi connectivity index (χ0) is 23.0. The summed E-state index contributed by atoms with van der Waals surface area (Å²) < 4.78 is 65.9. The molecule has 11 nitrogen and oxygen atoms in total. The number of benzene rings is 1. The van der Waals surface area contributed by atoms with Gasteiger partial charge in [0.1, 0.15) is 0 Å². The maximum Gasteiger partial charge on any atom is 0.0997 e. The summed E-state index contributed by atoms with van der Waals surface area (Å²) in [5.74, 6) is 0. The molecule has 0 radical (unpaired) electrons. The fourth-order valence-electron chi connectivity index (χ4n) is 1.96. The molecule has 1 aliphatic heterocycles. The summed E-state index contributed by atoms with van der Waals surface area (Å²) in [7, 11) is -4.94. The number of ether oxygens (including phenoxy) is 6. The zero-order valence-corrected chi connectivity index (χ0v) is 18.5. The molecule has 3 N–H and O–H groups in total. The van der Waals surface area contributed by atoms with Crippen LogP contribution in [0.5, 0.6) is 0 Å². The van der Waals surface area contributed by atoms with Crippen LogP contribution in [0.3, 0.4) is 0 Å². The van der Waals surface area contributed by atoms with Gasteiger partial charge in [-0.25, -0.2) is 18.6 Å². The first-order valence-electron chi connectivity index (χ1n) is 9.85. The highest BCUT2D eigenvalue weighted by Gasteiger charge is 1.95. The van der Waals surface area contributed by atoms with Crippen molar-refractivity contribution in [1.82, 2.24) is 0 Å². The molecule has 31 heavy (non-hydrogen) atoms. The van der Waals surface area contributed by atoms with Crippen LogP contribution in [0.4, 0.5) is 0 Å². The van der Waals surface area contributed by atoms with E-state index in [0.717, 1.165) is 6.54 Å². The second-order valence-corrected chi connectivity index (χ2v) is 6.54. The van der Waals surface area contributed by atoms with Crippen molar-refractivity contribution >= 4 is 0 Å². The van der Waals surface area contributed by atoms with E-state index < -0.39 is 10.2 Å². The Morgan fingerprint density at radius 1 is 0.548 bits per heavy atom. The quantitative estimate of drug-likeness (QED) is 0.422. The lowest BCUT2D eigenvalue weighted by Gasteiger charge is -2.17.